The van der Waals surface area contributed by atoms with Crippen molar-refractivity contribution in [3.05, 3.63) is 33.4 Å². The summed E-state index contributed by atoms with van der Waals surface area (Å²) >= 11 is 0. The zero-order chi connectivity index (χ0) is 15.6. The van der Waals surface area contributed by atoms with Crippen molar-refractivity contribution in [3.8, 4) is 5.75 Å². The molecule has 0 heterocycles. The van der Waals surface area contributed by atoms with Crippen LogP contribution in [-0.2, 0) is 0 Å². The Morgan fingerprint density at radius 3 is 2.76 bits per heavy atom. The summed E-state index contributed by atoms with van der Waals surface area (Å²) in [6.45, 7) is 6.09. The average Bonchev–Trinajstić information content (AvgIpc) is 2.44. The third kappa shape index (κ3) is 3.40. The van der Waals surface area contributed by atoms with Crippen LogP contribution in [0.4, 0.5) is 5.69 Å². The predicted molar refractivity (Wildman–Crippen MR) is 83.1 cm³/mol. The highest BCUT2D eigenvalue weighted by Crippen LogP contribution is 2.32. The molecule has 0 aliphatic heterocycles. The minimum absolute atomic E-state index is 0.0168. The zero-order valence-corrected chi connectivity index (χ0v) is 12.7. The molecule has 1 aliphatic carbocycles. The highest BCUT2D eigenvalue weighted by molar-refractivity contribution is 5.85. The first kappa shape index (κ1) is 15.5. The van der Waals surface area contributed by atoms with Crippen molar-refractivity contribution < 1.29 is 10.0 Å². The molecule has 1 saturated carbocycles. The summed E-state index contributed by atoms with van der Waals surface area (Å²) in [7, 11) is 0. The van der Waals surface area contributed by atoms with E-state index in [1.165, 1.54) is 18.6 Å². The molecule has 1 N–H and O–H groups in total. The minimum atomic E-state index is -0.449. The van der Waals surface area contributed by atoms with Gasteiger partial charge in [-0.05, 0) is 30.7 Å². The van der Waals surface area contributed by atoms with E-state index in [0.717, 1.165) is 12.8 Å². The first-order valence-electron chi connectivity index (χ1n) is 7.41. The summed E-state index contributed by atoms with van der Waals surface area (Å²) in [6, 6.07) is 2.98. The van der Waals surface area contributed by atoms with Gasteiger partial charge in [0, 0.05) is 23.9 Å². The van der Waals surface area contributed by atoms with Crippen LogP contribution < -0.4 is 0 Å². The number of hydrogen-bond acceptors (Lipinski definition) is 4. The molecule has 3 unspecified atom stereocenters. The fourth-order valence-corrected chi connectivity index (χ4v) is 2.93. The summed E-state index contributed by atoms with van der Waals surface area (Å²) in [5.74, 6) is 1.21. The molecule has 0 saturated heterocycles. The summed E-state index contributed by atoms with van der Waals surface area (Å²) in [5.41, 5.74) is 0.902. The largest absolute Gasteiger partial charge is 0.507 e. The SMILES string of the molecule is Cc1cc([N+](=O)[O-])cc(C=NC2CCCC(C)C2C)c1O. The number of hydrogen-bond donors (Lipinski definition) is 1. The van der Waals surface area contributed by atoms with Crippen molar-refractivity contribution >= 4 is 11.9 Å². The van der Waals surface area contributed by atoms with Gasteiger partial charge < -0.3 is 5.11 Å². The van der Waals surface area contributed by atoms with Crippen molar-refractivity contribution in [1.29, 1.82) is 0 Å². The van der Waals surface area contributed by atoms with Crippen LogP contribution >= 0.6 is 0 Å². The molecule has 0 radical (unpaired) electrons. The molecule has 0 bridgehead atoms. The fraction of sp³-hybridized carbons (Fsp3) is 0.562. The van der Waals surface area contributed by atoms with Gasteiger partial charge >= 0.3 is 0 Å². The van der Waals surface area contributed by atoms with Gasteiger partial charge in [0.15, 0.2) is 0 Å². The van der Waals surface area contributed by atoms with E-state index in [4.69, 9.17) is 0 Å². The topological polar surface area (TPSA) is 75.7 Å². The van der Waals surface area contributed by atoms with E-state index in [1.807, 2.05) is 0 Å². The highest BCUT2D eigenvalue weighted by atomic mass is 16.6. The lowest BCUT2D eigenvalue weighted by Gasteiger charge is -2.31. The number of phenolic OH excluding ortho intramolecular Hbond substituents is 1. The lowest BCUT2D eigenvalue weighted by atomic mass is 9.78. The second-order valence-corrected chi connectivity index (χ2v) is 6.07. The van der Waals surface area contributed by atoms with Crippen LogP contribution in [0.25, 0.3) is 0 Å². The molecule has 1 aromatic rings. The third-order valence-electron chi connectivity index (χ3n) is 4.59. The number of nitro benzene ring substituents is 1. The lowest BCUT2D eigenvalue weighted by molar-refractivity contribution is -0.384. The van der Waals surface area contributed by atoms with E-state index in [9.17, 15) is 15.2 Å². The average molecular weight is 290 g/mol. The number of non-ortho nitro benzene ring substituents is 1. The smallest absolute Gasteiger partial charge is 0.270 e. The number of aliphatic imine (C=N–C) groups is 1. The number of phenols is 1. The predicted octanol–water partition coefficient (Wildman–Crippen LogP) is 3.85. The Morgan fingerprint density at radius 1 is 1.38 bits per heavy atom. The summed E-state index contributed by atoms with van der Waals surface area (Å²) in [5, 5.41) is 20.9. The molecule has 21 heavy (non-hydrogen) atoms. The molecular formula is C16H22N2O3. The van der Waals surface area contributed by atoms with Gasteiger partial charge in [0.05, 0.1) is 11.0 Å². The van der Waals surface area contributed by atoms with Crippen LogP contribution in [0.1, 0.15) is 44.2 Å². The molecule has 1 fully saturated rings. The number of aryl methyl sites for hydroxylation is 1. The first-order chi connectivity index (χ1) is 9.90. The van der Waals surface area contributed by atoms with Gasteiger partial charge in [-0.3, -0.25) is 15.1 Å². The minimum Gasteiger partial charge on any atom is -0.507 e. The number of aromatic hydroxyl groups is 1. The Labute approximate surface area is 124 Å². The van der Waals surface area contributed by atoms with Crippen molar-refractivity contribution in [2.24, 2.45) is 16.8 Å². The van der Waals surface area contributed by atoms with Crippen molar-refractivity contribution in [2.45, 2.75) is 46.1 Å². The zero-order valence-electron chi connectivity index (χ0n) is 12.7. The van der Waals surface area contributed by atoms with Gasteiger partial charge in [-0.15, -0.1) is 0 Å². The normalized spacial score (nSPS) is 26.1. The molecule has 5 nitrogen and oxygen atoms in total. The first-order valence-corrected chi connectivity index (χ1v) is 7.41. The molecule has 3 atom stereocenters. The molecule has 0 aromatic heterocycles. The van der Waals surface area contributed by atoms with Gasteiger partial charge in [0.1, 0.15) is 5.75 Å². The van der Waals surface area contributed by atoms with Crippen molar-refractivity contribution in [1.82, 2.24) is 0 Å². The molecule has 1 aliphatic rings. The molecular weight excluding hydrogens is 268 g/mol. The molecule has 0 spiro atoms. The monoisotopic (exact) mass is 290 g/mol. The number of rotatable bonds is 3. The lowest BCUT2D eigenvalue weighted by Crippen LogP contribution is -2.27. The van der Waals surface area contributed by atoms with E-state index < -0.39 is 4.92 Å². The highest BCUT2D eigenvalue weighted by Gasteiger charge is 2.26. The van der Waals surface area contributed by atoms with E-state index in [0.29, 0.717) is 23.0 Å². The third-order valence-corrected chi connectivity index (χ3v) is 4.59. The molecule has 2 rings (SSSR count). The Bertz CT molecular complexity index is 569. The number of benzene rings is 1. The van der Waals surface area contributed by atoms with Gasteiger partial charge in [-0.2, -0.15) is 0 Å². The maximum Gasteiger partial charge on any atom is 0.270 e. The van der Waals surface area contributed by atoms with Crippen LogP contribution in [0.15, 0.2) is 17.1 Å². The van der Waals surface area contributed by atoms with E-state index in [-0.39, 0.29) is 17.5 Å². The summed E-state index contributed by atoms with van der Waals surface area (Å²) < 4.78 is 0. The van der Waals surface area contributed by atoms with Crippen LogP contribution in [0.5, 0.6) is 5.75 Å². The van der Waals surface area contributed by atoms with Gasteiger partial charge in [0.25, 0.3) is 5.69 Å². The van der Waals surface area contributed by atoms with Gasteiger partial charge in [0.2, 0.25) is 0 Å². The summed E-state index contributed by atoms with van der Waals surface area (Å²) in [6.07, 6.45) is 5.02. The van der Waals surface area contributed by atoms with Gasteiger partial charge in [-0.1, -0.05) is 26.7 Å². The second-order valence-electron chi connectivity index (χ2n) is 6.07. The van der Waals surface area contributed by atoms with Crippen LogP contribution in [-0.4, -0.2) is 22.3 Å². The van der Waals surface area contributed by atoms with Crippen molar-refractivity contribution in [3.63, 3.8) is 0 Å². The Balaban J connectivity index is 2.26. The molecule has 0 amide bonds. The van der Waals surface area contributed by atoms with E-state index in [2.05, 4.69) is 18.8 Å². The Hall–Kier alpha value is -1.91. The van der Waals surface area contributed by atoms with Crippen LogP contribution in [0.2, 0.25) is 0 Å². The standard InChI is InChI=1S/C16H22N2O3/c1-10-5-4-6-15(12(10)3)17-9-13-8-14(18(20)21)7-11(2)16(13)19/h7-10,12,15,19H,4-6H2,1-3H3. The molecule has 1 aromatic carbocycles. The number of nitrogens with zero attached hydrogens (tertiary/aromatic N) is 2. The summed E-state index contributed by atoms with van der Waals surface area (Å²) in [4.78, 5) is 15.0. The maximum absolute atomic E-state index is 10.9. The Morgan fingerprint density at radius 2 is 2.10 bits per heavy atom. The molecule has 114 valence electrons. The molecule has 5 heteroatoms. The van der Waals surface area contributed by atoms with Gasteiger partial charge in [-0.25, -0.2) is 0 Å². The quantitative estimate of drug-likeness (QED) is 0.522. The van der Waals surface area contributed by atoms with Crippen molar-refractivity contribution in [2.75, 3.05) is 0 Å². The number of nitro groups is 1. The van der Waals surface area contributed by atoms with E-state index >= 15 is 0 Å². The second kappa shape index (κ2) is 6.24. The van der Waals surface area contributed by atoms with E-state index in [1.54, 1.807) is 13.1 Å². The van der Waals surface area contributed by atoms with Crippen LogP contribution in [0, 0.1) is 28.9 Å². The maximum atomic E-state index is 10.9. The van der Waals surface area contributed by atoms with Crippen LogP contribution in [0.3, 0.4) is 0 Å². The fourth-order valence-electron chi connectivity index (χ4n) is 2.93. The Kier molecular flexibility index (Phi) is 4.60.